The van der Waals surface area contributed by atoms with Crippen molar-refractivity contribution in [2.45, 2.75) is 123 Å². The lowest BCUT2D eigenvalue weighted by molar-refractivity contribution is -0.597. The van der Waals surface area contributed by atoms with Gasteiger partial charge in [-0.3, -0.25) is 0 Å². The lowest BCUT2D eigenvalue weighted by Gasteiger charge is -2.04. The molecule has 0 N–H and O–H groups in total. The van der Waals surface area contributed by atoms with Crippen LogP contribution in [0.25, 0.3) is 0 Å². The Labute approximate surface area is 210 Å². The van der Waals surface area contributed by atoms with Crippen molar-refractivity contribution in [3.63, 3.8) is 0 Å². The Morgan fingerprint density at radius 1 is 0.469 bits per heavy atom. The Hall–Kier alpha value is -0.830. The number of benzene rings is 2. The number of unbranched alkanes of at least 4 members (excludes halogenated alkanes) is 15. The molecule has 0 aromatic heterocycles. The highest BCUT2D eigenvalue weighted by Gasteiger charge is 2.14. The SMILES string of the molecule is CCCCCCCCCCCCCCCCCCc1ccc([I+]c2ccc(C)cc2)cc1. The van der Waals surface area contributed by atoms with Gasteiger partial charge in [0.1, 0.15) is 0 Å². The summed E-state index contributed by atoms with van der Waals surface area (Å²) in [5.74, 6) is 0. The van der Waals surface area contributed by atoms with Gasteiger partial charge in [-0.1, -0.05) is 133 Å². The zero-order valence-electron chi connectivity index (χ0n) is 21.0. The Bertz CT molecular complexity index is 671. The molecule has 0 atom stereocenters. The van der Waals surface area contributed by atoms with Gasteiger partial charge in [0.05, 0.1) is 0 Å². The molecule has 0 heterocycles. The minimum atomic E-state index is -0.0328. The van der Waals surface area contributed by atoms with Crippen molar-refractivity contribution in [1.29, 1.82) is 0 Å². The summed E-state index contributed by atoms with van der Waals surface area (Å²) in [5, 5.41) is 0. The van der Waals surface area contributed by atoms with Crippen LogP contribution in [0.1, 0.15) is 121 Å². The van der Waals surface area contributed by atoms with Crippen LogP contribution in [0.15, 0.2) is 48.5 Å². The molecule has 178 valence electrons. The number of rotatable bonds is 19. The molecule has 2 aromatic rings. The minimum absolute atomic E-state index is 0.0328. The number of hydrogen-bond donors (Lipinski definition) is 0. The molecule has 0 nitrogen and oxygen atoms in total. The predicted molar refractivity (Wildman–Crippen MR) is 138 cm³/mol. The summed E-state index contributed by atoms with van der Waals surface area (Å²) in [5.41, 5.74) is 2.87. The van der Waals surface area contributed by atoms with Crippen LogP contribution in [0.2, 0.25) is 0 Å². The maximum Gasteiger partial charge on any atom is 0.357 e. The zero-order chi connectivity index (χ0) is 22.7. The molecule has 0 aliphatic rings. The maximum absolute atomic E-state index is 2.37. The Kier molecular flexibility index (Phi) is 15.9. The van der Waals surface area contributed by atoms with E-state index in [0.717, 1.165) is 0 Å². The van der Waals surface area contributed by atoms with E-state index in [1.165, 1.54) is 127 Å². The first-order valence-electron chi connectivity index (χ1n) is 13.6. The van der Waals surface area contributed by atoms with E-state index in [1.54, 1.807) is 0 Å². The monoisotopic (exact) mass is 547 g/mol. The van der Waals surface area contributed by atoms with Gasteiger partial charge in [0.15, 0.2) is 7.14 Å². The average Bonchev–Trinajstić information content (AvgIpc) is 2.81. The van der Waals surface area contributed by atoms with Crippen molar-refractivity contribution in [1.82, 2.24) is 0 Å². The molecule has 0 amide bonds. The van der Waals surface area contributed by atoms with Gasteiger partial charge < -0.3 is 0 Å². The number of aryl methyl sites for hydroxylation is 2. The Morgan fingerprint density at radius 3 is 1.28 bits per heavy atom. The standard InChI is InChI=1S/C31H48I/c1-3-4-5-6-7-8-9-10-11-12-13-14-15-16-17-18-19-29-22-26-31(27-23-29)32-30-24-20-28(2)21-25-30/h20-27H,3-19H2,1-2H3/q+1. The van der Waals surface area contributed by atoms with E-state index >= 15 is 0 Å². The molecule has 0 radical (unpaired) electrons. The van der Waals surface area contributed by atoms with E-state index in [-0.39, 0.29) is 21.2 Å². The Balaban J connectivity index is 1.38. The topological polar surface area (TPSA) is 0 Å². The third-order valence-corrected chi connectivity index (χ3v) is 9.15. The molecule has 0 spiro atoms. The summed E-state index contributed by atoms with van der Waals surface area (Å²) in [6.07, 6.45) is 24.3. The molecule has 32 heavy (non-hydrogen) atoms. The van der Waals surface area contributed by atoms with Gasteiger partial charge in [-0.15, -0.1) is 0 Å². The van der Waals surface area contributed by atoms with Gasteiger partial charge in [-0.25, -0.2) is 0 Å². The van der Waals surface area contributed by atoms with Crippen LogP contribution in [-0.4, -0.2) is 0 Å². The largest absolute Gasteiger partial charge is 0.357 e. The molecule has 0 aliphatic carbocycles. The van der Waals surface area contributed by atoms with Crippen LogP contribution in [0, 0.1) is 14.1 Å². The van der Waals surface area contributed by atoms with Crippen molar-refractivity contribution in [2.75, 3.05) is 0 Å². The molecule has 0 saturated heterocycles. The van der Waals surface area contributed by atoms with Crippen LogP contribution >= 0.6 is 0 Å². The van der Waals surface area contributed by atoms with E-state index in [1.807, 2.05) is 0 Å². The highest BCUT2D eigenvalue weighted by atomic mass is 127. The summed E-state index contributed by atoms with van der Waals surface area (Å²) in [6.45, 7) is 4.46. The molecular weight excluding hydrogens is 499 g/mol. The second-order valence-corrected chi connectivity index (χ2v) is 12.6. The summed E-state index contributed by atoms with van der Waals surface area (Å²) in [7, 11) is 0. The third-order valence-electron chi connectivity index (χ3n) is 6.46. The van der Waals surface area contributed by atoms with E-state index in [4.69, 9.17) is 0 Å². The molecule has 0 saturated carbocycles. The smallest absolute Gasteiger partial charge is 0.0654 e. The van der Waals surface area contributed by atoms with Gasteiger partial charge in [0.25, 0.3) is 0 Å². The van der Waals surface area contributed by atoms with Gasteiger partial charge in [-0.2, -0.15) is 0 Å². The van der Waals surface area contributed by atoms with Gasteiger partial charge >= 0.3 is 21.2 Å². The maximum atomic E-state index is 2.37. The van der Waals surface area contributed by atoms with Gasteiger partial charge in [0.2, 0.25) is 0 Å². The van der Waals surface area contributed by atoms with Crippen molar-refractivity contribution in [3.8, 4) is 0 Å². The first-order chi connectivity index (χ1) is 15.8. The van der Waals surface area contributed by atoms with Crippen LogP contribution in [0.3, 0.4) is 0 Å². The van der Waals surface area contributed by atoms with Gasteiger partial charge in [0, 0.05) is 0 Å². The van der Waals surface area contributed by atoms with Crippen LogP contribution in [-0.2, 0) is 6.42 Å². The van der Waals surface area contributed by atoms with Crippen LogP contribution in [0.4, 0.5) is 0 Å². The third kappa shape index (κ3) is 13.7. The lowest BCUT2D eigenvalue weighted by atomic mass is 10.0. The quantitative estimate of drug-likeness (QED) is 0.132. The van der Waals surface area contributed by atoms with Crippen molar-refractivity contribution in [3.05, 3.63) is 66.8 Å². The molecule has 0 unspecified atom stereocenters. The normalized spacial score (nSPS) is 11.2. The van der Waals surface area contributed by atoms with E-state index in [2.05, 4.69) is 62.4 Å². The van der Waals surface area contributed by atoms with E-state index in [0.29, 0.717) is 0 Å². The fourth-order valence-corrected chi connectivity index (χ4v) is 6.47. The summed E-state index contributed by atoms with van der Waals surface area (Å²) >= 11 is -0.0328. The molecule has 0 fully saturated rings. The Morgan fingerprint density at radius 2 is 0.844 bits per heavy atom. The fraction of sp³-hybridized carbons (Fsp3) is 0.613. The van der Waals surface area contributed by atoms with Crippen molar-refractivity contribution >= 4 is 0 Å². The molecule has 0 aliphatic heterocycles. The molecule has 2 rings (SSSR count). The average molecular weight is 548 g/mol. The van der Waals surface area contributed by atoms with Crippen LogP contribution < -0.4 is 21.2 Å². The van der Waals surface area contributed by atoms with Crippen molar-refractivity contribution < 1.29 is 21.2 Å². The van der Waals surface area contributed by atoms with E-state index in [9.17, 15) is 0 Å². The fourth-order valence-electron chi connectivity index (χ4n) is 4.31. The number of hydrogen-bond acceptors (Lipinski definition) is 0. The summed E-state index contributed by atoms with van der Waals surface area (Å²) in [4.78, 5) is 0. The summed E-state index contributed by atoms with van der Waals surface area (Å²) in [6, 6.07) is 18.5. The van der Waals surface area contributed by atoms with Gasteiger partial charge in [-0.05, 0) is 49.6 Å². The first-order valence-corrected chi connectivity index (χ1v) is 15.7. The molecule has 0 bridgehead atoms. The second kappa shape index (κ2) is 18.6. The molecular formula is C31H48I+. The lowest BCUT2D eigenvalue weighted by Crippen LogP contribution is -3.61. The molecule has 1 heteroatoms. The minimum Gasteiger partial charge on any atom is -0.0654 e. The number of halogens is 1. The zero-order valence-corrected chi connectivity index (χ0v) is 23.2. The highest BCUT2D eigenvalue weighted by molar-refractivity contribution is 5.15. The van der Waals surface area contributed by atoms with Crippen LogP contribution in [0.5, 0.6) is 0 Å². The predicted octanol–water partition coefficient (Wildman–Crippen LogP) is 6.93. The highest BCUT2D eigenvalue weighted by Crippen LogP contribution is 2.14. The van der Waals surface area contributed by atoms with Crippen molar-refractivity contribution in [2.24, 2.45) is 0 Å². The second-order valence-electron chi connectivity index (χ2n) is 9.57. The summed E-state index contributed by atoms with van der Waals surface area (Å²) < 4.78 is 3.04. The van der Waals surface area contributed by atoms with E-state index < -0.39 is 0 Å². The molecule has 2 aromatic carbocycles. The first kappa shape index (κ1) is 27.4.